The first-order chi connectivity index (χ1) is 9.65. The topological polar surface area (TPSA) is 0 Å². The third kappa shape index (κ3) is 3.50. The maximum Gasteiger partial charge on any atom is 0.0181 e. The van der Waals surface area contributed by atoms with E-state index in [4.69, 9.17) is 0 Å². The number of halogens is 2. The maximum absolute atomic E-state index is 3.54. The highest BCUT2D eigenvalue weighted by Gasteiger charge is 2.08. The van der Waals surface area contributed by atoms with Gasteiger partial charge in [0.05, 0.1) is 0 Å². The lowest BCUT2D eigenvalue weighted by atomic mass is 9.95. The fourth-order valence-electron chi connectivity index (χ4n) is 2.19. The van der Waals surface area contributed by atoms with Crippen LogP contribution in [0, 0.1) is 0 Å². The summed E-state index contributed by atoms with van der Waals surface area (Å²) in [5.41, 5.74) is 4.92. The van der Waals surface area contributed by atoms with E-state index in [0.29, 0.717) is 0 Å². The summed E-state index contributed by atoms with van der Waals surface area (Å²) < 4.78 is 2.19. The van der Waals surface area contributed by atoms with Crippen molar-refractivity contribution in [2.24, 2.45) is 0 Å². The van der Waals surface area contributed by atoms with Crippen LogP contribution in [0.2, 0.25) is 0 Å². The van der Waals surface area contributed by atoms with Gasteiger partial charge in [-0.15, -0.1) is 0 Å². The van der Waals surface area contributed by atoms with Crippen LogP contribution in [0.25, 0.3) is 23.3 Å². The standard InChI is InChI=1S/C18H16Br2/c1-3-5-13-11-15(19)7-9-17(13)18-10-8-16(20)12-14(18)6-4-2/h3-12H,1-2H3. The molecule has 0 N–H and O–H groups in total. The minimum absolute atomic E-state index is 1.10. The highest BCUT2D eigenvalue weighted by atomic mass is 79.9. The highest BCUT2D eigenvalue weighted by Crippen LogP contribution is 2.32. The van der Waals surface area contributed by atoms with Crippen LogP contribution in [0.15, 0.2) is 57.5 Å². The van der Waals surface area contributed by atoms with E-state index in [-0.39, 0.29) is 0 Å². The molecule has 0 saturated heterocycles. The van der Waals surface area contributed by atoms with Crippen LogP contribution >= 0.6 is 31.9 Å². The molecule has 2 rings (SSSR count). The van der Waals surface area contributed by atoms with E-state index in [1.54, 1.807) is 0 Å². The molecule has 102 valence electrons. The third-order valence-corrected chi connectivity index (χ3v) is 4.00. The van der Waals surface area contributed by atoms with Crippen LogP contribution in [0.5, 0.6) is 0 Å². The molecule has 0 atom stereocenters. The van der Waals surface area contributed by atoms with Gasteiger partial charge in [-0.3, -0.25) is 0 Å². The van der Waals surface area contributed by atoms with E-state index in [1.165, 1.54) is 22.3 Å². The Kier molecular flexibility index (Phi) is 5.38. The summed E-state index contributed by atoms with van der Waals surface area (Å²) in [4.78, 5) is 0. The van der Waals surface area contributed by atoms with Crippen LogP contribution in [-0.4, -0.2) is 0 Å². The molecule has 0 amide bonds. The van der Waals surface area contributed by atoms with Gasteiger partial charge < -0.3 is 0 Å². The van der Waals surface area contributed by atoms with Crippen LogP contribution in [0.4, 0.5) is 0 Å². The molecular formula is C18H16Br2. The van der Waals surface area contributed by atoms with Crippen LogP contribution in [0.3, 0.4) is 0 Å². The van der Waals surface area contributed by atoms with Gasteiger partial charge in [0.2, 0.25) is 0 Å². The zero-order valence-corrected chi connectivity index (χ0v) is 14.7. The van der Waals surface area contributed by atoms with E-state index < -0.39 is 0 Å². The highest BCUT2D eigenvalue weighted by molar-refractivity contribution is 9.10. The average molecular weight is 392 g/mol. The van der Waals surface area contributed by atoms with E-state index >= 15 is 0 Å². The number of rotatable bonds is 3. The molecular weight excluding hydrogens is 376 g/mol. The predicted molar refractivity (Wildman–Crippen MR) is 96.7 cm³/mol. The fraction of sp³-hybridized carbons (Fsp3) is 0.111. The van der Waals surface area contributed by atoms with Crippen LogP contribution < -0.4 is 0 Å². The van der Waals surface area contributed by atoms with Gasteiger partial charge in [-0.05, 0) is 60.4 Å². The molecule has 0 radical (unpaired) electrons. The largest absolute Gasteiger partial charge is 0.0870 e. The first-order valence-electron chi connectivity index (χ1n) is 6.50. The van der Waals surface area contributed by atoms with Crippen molar-refractivity contribution in [1.29, 1.82) is 0 Å². The average Bonchev–Trinajstić information content (AvgIpc) is 2.41. The quantitative estimate of drug-likeness (QED) is 0.531. The van der Waals surface area contributed by atoms with Crippen molar-refractivity contribution in [3.63, 3.8) is 0 Å². The second kappa shape index (κ2) is 7.05. The van der Waals surface area contributed by atoms with E-state index in [9.17, 15) is 0 Å². The number of hydrogen-bond donors (Lipinski definition) is 0. The number of benzene rings is 2. The Bertz CT molecular complexity index is 608. The molecule has 0 heterocycles. The Morgan fingerprint density at radius 2 is 1.10 bits per heavy atom. The summed E-state index contributed by atoms with van der Waals surface area (Å²) in [5, 5.41) is 0. The molecule has 0 aliphatic rings. The minimum atomic E-state index is 1.10. The number of hydrogen-bond acceptors (Lipinski definition) is 0. The molecule has 0 saturated carbocycles. The van der Waals surface area contributed by atoms with Crippen molar-refractivity contribution in [1.82, 2.24) is 0 Å². The lowest BCUT2D eigenvalue weighted by Gasteiger charge is -2.11. The second-order valence-electron chi connectivity index (χ2n) is 4.46. The van der Waals surface area contributed by atoms with Gasteiger partial charge in [0.1, 0.15) is 0 Å². The summed E-state index contributed by atoms with van der Waals surface area (Å²) >= 11 is 7.09. The second-order valence-corrected chi connectivity index (χ2v) is 6.29. The molecule has 0 fully saturated rings. The fourth-order valence-corrected chi connectivity index (χ4v) is 2.95. The Labute approximate surface area is 137 Å². The first kappa shape index (κ1) is 15.3. The summed E-state index contributed by atoms with van der Waals surface area (Å²) in [5.74, 6) is 0. The zero-order chi connectivity index (χ0) is 14.5. The molecule has 0 aliphatic carbocycles. The Hall–Kier alpha value is -1.12. The molecule has 0 unspecified atom stereocenters. The molecule has 2 aromatic rings. The molecule has 0 nitrogen and oxygen atoms in total. The summed E-state index contributed by atoms with van der Waals surface area (Å²) in [6.07, 6.45) is 8.42. The van der Waals surface area contributed by atoms with Gasteiger partial charge in [0.15, 0.2) is 0 Å². The lowest BCUT2D eigenvalue weighted by molar-refractivity contribution is 1.53. The summed E-state index contributed by atoms with van der Waals surface area (Å²) in [6.45, 7) is 4.08. The van der Waals surface area contributed by atoms with Gasteiger partial charge in [-0.25, -0.2) is 0 Å². The molecule has 20 heavy (non-hydrogen) atoms. The molecule has 0 aromatic heterocycles. The molecule has 0 bridgehead atoms. The maximum atomic E-state index is 3.54. The third-order valence-electron chi connectivity index (χ3n) is 3.01. The summed E-state index contributed by atoms with van der Waals surface area (Å²) in [7, 11) is 0. The minimum Gasteiger partial charge on any atom is -0.0870 e. The van der Waals surface area contributed by atoms with E-state index in [2.05, 4.69) is 92.6 Å². The van der Waals surface area contributed by atoms with Gasteiger partial charge in [-0.1, -0.05) is 68.3 Å². The van der Waals surface area contributed by atoms with Gasteiger partial charge >= 0.3 is 0 Å². The van der Waals surface area contributed by atoms with Crippen LogP contribution in [-0.2, 0) is 0 Å². The molecule has 0 aliphatic heterocycles. The van der Waals surface area contributed by atoms with Gasteiger partial charge in [-0.2, -0.15) is 0 Å². The Morgan fingerprint density at radius 3 is 1.45 bits per heavy atom. The van der Waals surface area contributed by atoms with Crippen molar-refractivity contribution in [3.05, 3.63) is 68.6 Å². The van der Waals surface area contributed by atoms with E-state index in [1.807, 2.05) is 13.8 Å². The first-order valence-corrected chi connectivity index (χ1v) is 8.09. The van der Waals surface area contributed by atoms with Gasteiger partial charge in [0.25, 0.3) is 0 Å². The van der Waals surface area contributed by atoms with E-state index in [0.717, 1.165) is 8.95 Å². The Balaban J connectivity index is 2.67. The summed E-state index contributed by atoms with van der Waals surface area (Å²) in [6, 6.07) is 12.8. The SMILES string of the molecule is CC=Cc1cc(Br)ccc1-c1ccc(Br)cc1C=CC. The smallest absolute Gasteiger partial charge is 0.0181 e. The number of allylic oxidation sites excluding steroid dienone is 2. The normalized spacial score (nSPS) is 11.6. The van der Waals surface area contributed by atoms with Crippen molar-refractivity contribution in [2.45, 2.75) is 13.8 Å². The molecule has 2 heteroatoms. The van der Waals surface area contributed by atoms with Crippen LogP contribution in [0.1, 0.15) is 25.0 Å². The molecule has 2 aromatic carbocycles. The lowest BCUT2D eigenvalue weighted by Crippen LogP contribution is -1.88. The van der Waals surface area contributed by atoms with Crippen molar-refractivity contribution in [3.8, 4) is 11.1 Å². The van der Waals surface area contributed by atoms with Crippen molar-refractivity contribution < 1.29 is 0 Å². The van der Waals surface area contributed by atoms with Gasteiger partial charge in [0, 0.05) is 8.95 Å². The van der Waals surface area contributed by atoms with Crippen molar-refractivity contribution >= 4 is 44.0 Å². The Morgan fingerprint density at radius 1 is 0.700 bits per heavy atom. The van der Waals surface area contributed by atoms with Crippen molar-refractivity contribution in [2.75, 3.05) is 0 Å². The molecule has 0 spiro atoms. The predicted octanol–water partition coefficient (Wildman–Crippen LogP) is 6.94. The monoisotopic (exact) mass is 390 g/mol. The zero-order valence-electron chi connectivity index (χ0n) is 11.5.